The minimum Gasteiger partial charge on any atom is -0.493 e. The summed E-state index contributed by atoms with van der Waals surface area (Å²) in [6.07, 6.45) is 1.28. The summed E-state index contributed by atoms with van der Waals surface area (Å²) in [5.74, 6) is 0.237. The Morgan fingerprint density at radius 3 is 2.64 bits per heavy atom. The molecule has 1 unspecified atom stereocenters. The maximum atomic E-state index is 13.4. The van der Waals surface area contributed by atoms with Gasteiger partial charge < -0.3 is 14.8 Å². The molecule has 1 heterocycles. The quantitative estimate of drug-likeness (QED) is 0.705. The first kappa shape index (κ1) is 19.3. The van der Waals surface area contributed by atoms with Crippen LogP contribution in [0.3, 0.4) is 0 Å². The molecule has 0 aliphatic carbocycles. The van der Waals surface area contributed by atoms with Crippen LogP contribution in [0, 0.1) is 5.82 Å². The molecule has 7 nitrogen and oxygen atoms in total. The molecule has 146 valence electrons. The summed E-state index contributed by atoms with van der Waals surface area (Å²) in [4.78, 5) is 29.0. The molecular formula is C20H20FN3O4. The van der Waals surface area contributed by atoms with Crippen molar-refractivity contribution in [1.29, 1.82) is 0 Å². The number of carbonyl (C=O) groups excluding carboxylic acids is 1. The third-order valence-electron chi connectivity index (χ3n) is 4.39. The zero-order chi connectivity index (χ0) is 20.3. The monoisotopic (exact) mass is 385 g/mol. The smallest absolute Gasteiger partial charge is 0.261 e. The van der Waals surface area contributed by atoms with Crippen LogP contribution in [0.15, 0.2) is 47.5 Å². The largest absolute Gasteiger partial charge is 0.493 e. The number of halogens is 1. The number of amides is 1. The summed E-state index contributed by atoms with van der Waals surface area (Å²) in [7, 11) is 3.08. The van der Waals surface area contributed by atoms with Gasteiger partial charge in [-0.3, -0.25) is 14.2 Å². The summed E-state index contributed by atoms with van der Waals surface area (Å²) in [5, 5.41) is 2.95. The van der Waals surface area contributed by atoms with E-state index >= 15 is 0 Å². The Morgan fingerprint density at radius 1 is 1.18 bits per heavy atom. The van der Waals surface area contributed by atoms with Gasteiger partial charge >= 0.3 is 0 Å². The standard InChI is InChI=1S/C20H20FN3O4/c1-12(13-4-7-17(27-2)18(8-13)28-3)23-19(25)10-24-11-22-16-6-5-14(21)9-15(16)20(24)26/h4-9,11-12H,10H2,1-3H3,(H,23,25). The van der Waals surface area contributed by atoms with Gasteiger partial charge in [0, 0.05) is 0 Å². The number of benzene rings is 2. The lowest BCUT2D eigenvalue weighted by Gasteiger charge is -2.17. The van der Waals surface area contributed by atoms with E-state index in [1.807, 2.05) is 13.0 Å². The van der Waals surface area contributed by atoms with Crippen LogP contribution in [-0.4, -0.2) is 29.7 Å². The van der Waals surface area contributed by atoms with Crippen molar-refractivity contribution in [2.75, 3.05) is 14.2 Å². The molecule has 8 heteroatoms. The fourth-order valence-corrected chi connectivity index (χ4v) is 2.89. The number of fused-ring (bicyclic) bond motifs is 1. The zero-order valence-corrected chi connectivity index (χ0v) is 15.7. The van der Waals surface area contributed by atoms with Gasteiger partial charge in [-0.05, 0) is 42.8 Å². The Bertz CT molecular complexity index is 1080. The molecule has 0 saturated carbocycles. The second kappa shape index (κ2) is 8.08. The molecule has 0 saturated heterocycles. The highest BCUT2D eigenvalue weighted by molar-refractivity contribution is 5.79. The maximum Gasteiger partial charge on any atom is 0.261 e. The van der Waals surface area contributed by atoms with Gasteiger partial charge in [0.1, 0.15) is 12.4 Å². The van der Waals surface area contributed by atoms with E-state index in [1.54, 1.807) is 19.2 Å². The van der Waals surface area contributed by atoms with Crippen LogP contribution in [0.25, 0.3) is 10.9 Å². The molecule has 1 aromatic heterocycles. The van der Waals surface area contributed by atoms with Gasteiger partial charge in [-0.2, -0.15) is 0 Å². The number of carbonyl (C=O) groups is 1. The van der Waals surface area contributed by atoms with Gasteiger partial charge in [0.2, 0.25) is 5.91 Å². The Kier molecular flexibility index (Phi) is 5.58. The second-order valence-electron chi connectivity index (χ2n) is 6.24. The van der Waals surface area contributed by atoms with Crippen LogP contribution >= 0.6 is 0 Å². The van der Waals surface area contributed by atoms with Crippen molar-refractivity contribution in [3.05, 3.63) is 64.5 Å². The summed E-state index contributed by atoms with van der Waals surface area (Å²) in [6, 6.07) is 8.80. The van der Waals surface area contributed by atoms with Crippen LogP contribution in [0.5, 0.6) is 11.5 Å². The van der Waals surface area contributed by atoms with Crippen molar-refractivity contribution in [2.45, 2.75) is 19.5 Å². The predicted octanol–water partition coefficient (Wildman–Crippen LogP) is 2.43. The molecule has 3 rings (SSSR count). The molecule has 3 aromatic rings. The van der Waals surface area contributed by atoms with Crippen LogP contribution in [0.2, 0.25) is 0 Å². The molecule has 2 aromatic carbocycles. The maximum absolute atomic E-state index is 13.4. The van der Waals surface area contributed by atoms with E-state index in [-0.39, 0.29) is 23.9 Å². The molecule has 0 spiro atoms. The van der Waals surface area contributed by atoms with Crippen LogP contribution in [0.1, 0.15) is 18.5 Å². The molecule has 1 atom stereocenters. The summed E-state index contributed by atoms with van der Waals surface area (Å²) >= 11 is 0. The molecule has 1 amide bonds. The first-order chi connectivity index (χ1) is 13.4. The first-order valence-corrected chi connectivity index (χ1v) is 8.59. The third-order valence-corrected chi connectivity index (χ3v) is 4.39. The SMILES string of the molecule is COc1ccc(C(C)NC(=O)Cn2cnc3ccc(F)cc3c2=O)cc1OC. The fourth-order valence-electron chi connectivity index (χ4n) is 2.89. The summed E-state index contributed by atoms with van der Waals surface area (Å²) in [5.41, 5.74) is 0.720. The van der Waals surface area contributed by atoms with Gasteiger partial charge in [-0.15, -0.1) is 0 Å². The van der Waals surface area contributed by atoms with Crippen molar-refractivity contribution in [1.82, 2.24) is 14.9 Å². The molecular weight excluding hydrogens is 365 g/mol. The second-order valence-corrected chi connectivity index (χ2v) is 6.24. The minimum absolute atomic E-state index is 0.128. The van der Waals surface area contributed by atoms with Gasteiger partial charge in [-0.25, -0.2) is 9.37 Å². The van der Waals surface area contributed by atoms with E-state index in [1.165, 1.54) is 25.6 Å². The summed E-state index contributed by atoms with van der Waals surface area (Å²) < 4.78 is 25.0. The Morgan fingerprint density at radius 2 is 1.93 bits per heavy atom. The molecule has 1 N–H and O–H groups in total. The van der Waals surface area contributed by atoms with E-state index in [0.717, 1.165) is 16.2 Å². The van der Waals surface area contributed by atoms with Gasteiger partial charge in [0.15, 0.2) is 11.5 Å². The molecule has 28 heavy (non-hydrogen) atoms. The number of hydrogen-bond acceptors (Lipinski definition) is 5. The van der Waals surface area contributed by atoms with Crippen molar-refractivity contribution in [3.8, 4) is 11.5 Å². The minimum atomic E-state index is -0.532. The normalized spacial score (nSPS) is 11.9. The van der Waals surface area contributed by atoms with Crippen molar-refractivity contribution in [3.63, 3.8) is 0 Å². The van der Waals surface area contributed by atoms with E-state index in [0.29, 0.717) is 17.0 Å². The van der Waals surface area contributed by atoms with Crippen LogP contribution in [0.4, 0.5) is 4.39 Å². The van der Waals surface area contributed by atoms with Gasteiger partial charge in [0.25, 0.3) is 5.56 Å². The average Bonchev–Trinajstić information content (AvgIpc) is 2.69. The van der Waals surface area contributed by atoms with E-state index in [9.17, 15) is 14.0 Å². The zero-order valence-electron chi connectivity index (χ0n) is 15.7. The highest BCUT2D eigenvalue weighted by Crippen LogP contribution is 2.29. The Hall–Kier alpha value is -3.42. The Balaban J connectivity index is 1.76. The molecule has 0 fully saturated rings. The Labute approximate surface area is 160 Å². The lowest BCUT2D eigenvalue weighted by Crippen LogP contribution is -2.34. The highest BCUT2D eigenvalue weighted by Gasteiger charge is 2.14. The lowest BCUT2D eigenvalue weighted by molar-refractivity contribution is -0.122. The number of ether oxygens (including phenoxy) is 2. The van der Waals surface area contributed by atoms with Crippen LogP contribution in [-0.2, 0) is 11.3 Å². The molecule has 0 aliphatic rings. The van der Waals surface area contributed by atoms with E-state index in [2.05, 4.69) is 10.3 Å². The van der Waals surface area contributed by atoms with E-state index < -0.39 is 11.4 Å². The highest BCUT2D eigenvalue weighted by atomic mass is 19.1. The number of rotatable bonds is 6. The van der Waals surface area contributed by atoms with Crippen LogP contribution < -0.4 is 20.3 Å². The van der Waals surface area contributed by atoms with Gasteiger partial charge in [0.05, 0.1) is 37.5 Å². The molecule has 0 radical (unpaired) electrons. The number of aromatic nitrogens is 2. The topological polar surface area (TPSA) is 82.5 Å². The predicted molar refractivity (Wildman–Crippen MR) is 102 cm³/mol. The van der Waals surface area contributed by atoms with Gasteiger partial charge in [-0.1, -0.05) is 6.07 Å². The van der Waals surface area contributed by atoms with Crippen molar-refractivity contribution in [2.24, 2.45) is 0 Å². The van der Waals surface area contributed by atoms with Crippen molar-refractivity contribution < 1.29 is 18.7 Å². The molecule has 0 bridgehead atoms. The third kappa shape index (κ3) is 3.95. The first-order valence-electron chi connectivity index (χ1n) is 8.59. The lowest BCUT2D eigenvalue weighted by atomic mass is 10.1. The number of methoxy groups -OCH3 is 2. The number of nitrogens with one attached hydrogen (secondary N) is 1. The number of hydrogen-bond donors (Lipinski definition) is 1. The van der Waals surface area contributed by atoms with E-state index in [4.69, 9.17) is 9.47 Å². The van der Waals surface area contributed by atoms with Crippen molar-refractivity contribution >= 4 is 16.8 Å². The summed E-state index contributed by atoms with van der Waals surface area (Å²) in [6.45, 7) is 1.59. The average molecular weight is 385 g/mol. The number of nitrogens with zero attached hydrogens (tertiary/aromatic N) is 2. The fraction of sp³-hybridized carbons (Fsp3) is 0.250. The molecule has 0 aliphatic heterocycles.